The molecule has 0 aromatic heterocycles. The van der Waals surface area contributed by atoms with Gasteiger partial charge in [-0.15, -0.1) is 0 Å². The summed E-state index contributed by atoms with van der Waals surface area (Å²) in [4.78, 5) is 4.72. The molecular formula is C20H33N3O4. The van der Waals surface area contributed by atoms with Gasteiger partial charge in [0.2, 0.25) is 0 Å². The van der Waals surface area contributed by atoms with E-state index >= 15 is 0 Å². The predicted molar refractivity (Wildman–Crippen MR) is 107 cm³/mol. The Hall–Kier alpha value is -1.99. The predicted octanol–water partition coefficient (Wildman–Crippen LogP) is 1.81. The molecule has 1 aromatic carbocycles. The van der Waals surface area contributed by atoms with Crippen LogP contribution >= 0.6 is 0 Å². The highest BCUT2D eigenvalue weighted by molar-refractivity contribution is 5.79. The number of ether oxygens (including phenoxy) is 3. The zero-order valence-corrected chi connectivity index (χ0v) is 16.7. The van der Waals surface area contributed by atoms with Crippen molar-refractivity contribution in [2.45, 2.75) is 32.8 Å². The van der Waals surface area contributed by atoms with E-state index in [4.69, 9.17) is 19.2 Å². The van der Waals surface area contributed by atoms with Crippen LogP contribution < -0.4 is 20.1 Å². The van der Waals surface area contributed by atoms with Crippen molar-refractivity contribution in [3.63, 3.8) is 0 Å². The fourth-order valence-electron chi connectivity index (χ4n) is 3.07. The normalized spacial score (nSPS) is 21.0. The van der Waals surface area contributed by atoms with Gasteiger partial charge in [0, 0.05) is 31.2 Å². The molecule has 0 radical (unpaired) electrons. The molecular weight excluding hydrogens is 346 g/mol. The van der Waals surface area contributed by atoms with Gasteiger partial charge < -0.3 is 30.0 Å². The van der Waals surface area contributed by atoms with Crippen molar-refractivity contribution in [1.29, 1.82) is 0 Å². The summed E-state index contributed by atoms with van der Waals surface area (Å²) in [6.07, 6.45) is 1.61. The lowest BCUT2D eigenvalue weighted by Gasteiger charge is -2.25. The number of methoxy groups -OCH3 is 1. The van der Waals surface area contributed by atoms with E-state index in [1.54, 1.807) is 7.11 Å². The van der Waals surface area contributed by atoms with E-state index < -0.39 is 0 Å². The maximum absolute atomic E-state index is 9.35. The molecule has 1 aliphatic heterocycles. The van der Waals surface area contributed by atoms with Gasteiger partial charge in [0.05, 0.1) is 26.8 Å². The van der Waals surface area contributed by atoms with Crippen LogP contribution in [0, 0.1) is 5.41 Å². The van der Waals surface area contributed by atoms with E-state index in [1.165, 1.54) is 0 Å². The topological polar surface area (TPSA) is 84.3 Å². The van der Waals surface area contributed by atoms with Crippen LogP contribution in [0.4, 0.5) is 0 Å². The van der Waals surface area contributed by atoms with E-state index in [2.05, 4.69) is 10.6 Å². The van der Waals surface area contributed by atoms with Crippen LogP contribution in [0.15, 0.2) is 29.3 Å². The summed E-state index contributed by atoms with van der Waals surface area (Å²) < 4.78 is 16.7. The number of hydrogen-bond donors (Lipinski definition) is 3. The molecule has 0 amide bonds. The zero-order chi connectivity index (χ0) is 19.5. The molecule has 3 N–H and O–H groups in total. The highest BCUT2D eigenvalue weighted by atomic mass is 16.5. The molecule has 2 unspecified atom stereocenters. The summed E-state index contributed by atoms with van der Waals surface area (Å²) >= 11 is 0. The van der Waals surface area contributed by atoms with Gasteiger partial charge in [-0.2, -0.15) is 0 Å². The highest BCUT2D eigenvalue weighted by Gasteiger charge is 2.34. The molecule has 0 aliphatic carbocycles. The number of nitrogens with one attached hydrogen (secondary N) is 2. The number of aliphatic hydroxyl groups is 1. The molecule has 1 saturated heterocycles. The molecule has 0 spiro atoms. The third-order valence-electron chi connectivity index (χ3n) is 4.68. The Morgan fingerprint density at radius 1 is 1.37 bits per heavy atom. The van der Waals surface area contributed by atoms with Crippen LogP contribution in [0.5, 0.6) is 11.5 Å². The van der Waals surface area contributed by atoms with E-state index in [0.29, 0.717) is 26.1 Å². The summed E-state index contributed by atoms with van der Waals surface area (Å²) in [6.45, 7) is 7.63. The van der Waals surface area contributed by atoms with E-state index in [0.717, 1.165) is 37.0 Å². The minimum atomic E-state index is -0.0557. The summed E-state index contributed by atoms with van der Waals surface area (Å²) in [5.41, 5.74) is -0.0557. The lowest BCUT2D eigenvalue weighted by molar-refractivity contribution is 0.131. The summed E-state index contributed by atoms with van der Waals surface area (Å²) in [7, 11) is 1.64. The van der Waals surface area contributed by atoms with Crippen molar-refractivity contribution in [3.8, 4) is 11.5 Å². The summed E-state index contributed by atoms with van der Waals surface area (Å²) in [5, 5.41) is 15.9. The Morgan fingerprint density at radius 2 is 2.19 bits per heavy atom. The summed E-state index contributed by atoms with van der Waals surface area (Å²) in [6, 6.07) is 7.58. The van der Waals surface area contributed by atoms with Crippen molar-refractivity contribution in [2.75, 3.05) is 46.6 Å². The number of rotatable bonds is 10. The first-order valence-corrected chi connectivity index (χ1v) is 9.62. The van der Waals surface area contributed by atoms with Crippen molar-refractivity contribution in [1.82, 2.24) is 10.6 Å². The maximum Gasteiger partial charge on any atom is 0.191 e. The molecule has 0 bridgehead atoms. The largest absolute Gasteiger partial charge is 0.497 e. The Labute approximate surface area is 162 Å². The number of aliphatic hydroxyl groups excluding tert-OH is 1. The van der Waals surface area contributed by atoms with Crippen LogP contribution in [0.1, 0.15) is 26.7 Å². The van der Waals surface area contributed by atoms with Crippen LogP contribution in [-0.4, -0.2) is 63.7 Å². The van der Waals surface area contributed by atoms with Gasteiger partial charge >= 0.3 is 0 Å². The molecule has 1 heterocycles. The van der Waals surface area contributed by atoms with Gasteiger partial charge in [-0.05, 0) is 38.8 Å². The van der Waals surface area contributed by atoms with Crippen molar-refractivity contribution < 1.29 is 19.3 Å². The highest BCUT2D eigenvalue weighted by Crippen LogP contribution is 2.32. The second kappa shape index (κ2) is 11.0. The molecule has 27 heavy (non-hydrogen) atoms. The number of hydrogen-bond acceptors (Lipinski definition) is 5. The first kappa shape index (κ1) is 21.3. The lowest BCUT2D eigenvalue weighted by Crippen LogP contribution is -2.42. The quantitative estimate of drug-likeness (QED) is 0.425. The molecule has 1 aliphatic rings. The Balaban J connectivity index is 1.88. The van der Waals surface area contributed by atoms with Crippen LogP contribution in [-0.2, 0) is 4.74 Å². The van der Waals surface area contributed by atoms with E-state index in [-0.39, 0.29) is 18.1 Å². The minimum Gasteiger partial charge on any atom is -0.497 e. The number of nitrogens with zero attached hydrogens (tertiary/aromatic N) is 1. The SMILES string of the molecule is CCNC(=NCC1(CCO)CCOC1)NCC(C)Oc1cccc(OC)c1. The maximum atomic E-state index is 9.35. The molecule has 152 valence electrons. The van der Waals surface area contributed by atoms with Crippen LogP contribution in [0.25, 0.3) is 0 Å². The van der Waals surface area contributed by atoms with Gasteiger partial charge in [-0.3, -0.25) is 4.99 Å². The van der Waals surface area contributed by atoms with Gasteiger partial charge in [0.1, 0.15) is 17.6 Å². The second-order valence-electron chi connectivity index (χ2n) is 6.96. The van der Waals surface area contributed by atoms with Crippen LogP contribution in [0.3, 0.4) is 0 Å². The standard InChI is InChI=1S/C20H33N3O4/c1-4-21-19(23-14-20(8-10-24)9-11-26-15-20)22-13-16(2)27-18-7-5-6-17(12-18)25-3/h5-7,12,16,24H,4,8-11,13-15H2,1-3H3,(H2,21,22,23). The molecule has 7 heteroatoms. The van der Waals surface area contributed by atoms with Gasteiger partial charge in [-0.1, -0.05) is 6.07 Å². The molecule has 1 aromatic rings. The van der Waals surface area contributed by atoms with Crippen molar-refractivity contribution in [3.05, 3.63) is 24.3 Å². The van der Waals surface area contributed by atoms with E-state index in [9.17, 15) is 5.11 Å². The first-order chi connectivity index (χ1) is 13.1. The smallest absolute Gasteiger partial charge is 0.191 e. The zero-order valence-electron chi connectivity index (χ0n) is 16.7. The Morgan fingerprint density at radius 3 is 2.85 bits per heavy atom. The molecule has 2 rings (SSSR count). The fourth-order valence-corrected chi connectivity index (χ4v) is 3.07. The Bertz CT molecular complexity index is 588. The molecule has 7 nitrogen and oxygen atoms in total. The fraction of sp³-hybridized carbons (Fsp3) is 0.650. The molecule has 1 fully saturated rings. The number of guanidine groups is 1. The lowest BCUT2D eigenvalue weighted by atomic mass is 9.84. The second-order valence-corrected chi connectivity index (χ2v) is 6.96. The third-order valence-corrected chi connectivity index (χ3v) is 4.68. The van der Waals surface area contributed by atoms with Crippen molar-refractivity contribution in [2.24, 2.45) is 10.4 Å². The number of benzene rings is 1. The van der Waals surface area contributed by atoms with Crippen LogP contribution in [0.2, 0.25) is 0 Å². The van der Waals surface area contributed by atoms with E-state index in [1.807, 2.05) is 38.1 Å². The number of aliphatic imine (C=N–C) groups is 1. The molecule has 2 atom stereocenters. The summed E-state index contributed by atoms with van der Waals surface area (Å²) in [5.74, 6) is 2.30. The molecule has 0 saturated carbocycles. The Kier molecular flexibility index (Phi) is 8.67. The average Bonchev–Trinajstić information content (AvgIpc) is 3.13. The first-order valence-electron chi connectivity index (χ1n) is 9.62. The monoisotopic (exact) mass is 379 g/mol. The minimum absolute atomic E-state index is 0.0396. The van der Waals surface area contributed by atoms with Gasteiger partial charge in [0.15, 0.2) is 5.96 Å². The van der Waals surface area contributed by atoms with Crippen molar-refractivity contribution >= 4 is 5.96 Å². The third kappa shape index (κ3) is 6.92. The van der Waals surface area contributed by atoms with Gasteiger partial charge in [-0.25, -0.2) is 0 Å². The average molecular weight is 380 g/mol. The van der Waals surface area contributed by atoms with Gasteiger partial charge in [0.25, 0.3) is 0 Å².